The molecule has 0 aliphatic carbocycles. The fourth-order valence-corrected chi connectivity index (χ4v) is 2.54. The van der Waals surface area contributed by atoms with Gasteiger partial charge in [-0.3, -0.25) is 10.1 Å². The van der Waals surface area contributed by atoms with E-state index in [1.807, 2.05) is 12.2 Å². The first-order valence-electron chi connectivity index (χ1n) is 6.02. The van der Waals surface area contributed by atoms with Crippen LogP contribution in [0.15, 0.2) is 6.07 Å². The number of nitrogens with one attached hydrogen (secondary N) is 1. The summed E-state index contributed by atoms with van der Waals surface area (Å²) < 4.78 is 5.29. The van der Waals surface area contributed by atoms with Gasteiger partial charge >= 0.3 is 12.0 Å². The average molecular weight is 300 g/mol. The van der Waals surface area contributed by atoms with Crippen molar-refractivity contribution < 1.29 is 24.2 Å². The highest BCUT2D eigenvalue weighted by Gasteiger charge is 2.17. The van der Waals surface area contributed by atoms with Gasteiger partial charge in [0.05, 0.1) is 13.0 Å². The van der Waals surface area contributed by atoms with E-state index in [0.717, 1.165) is 29.1 Å². The molecular formula is C12H16N2O5S. The van der Waals surface area contributed by atoms with Gasteiger partial charge < -0.3 is 15.6 Å². The Hall–Kier alpha value is -2.09. The van der Waals surface area contributed by atoms with Crippen LogP contribution in [0, 0.1) is 0 Å². The second-order valence-electron chi connectivity index (χ2n) is 3.97. The van der Waals surface area contributed by atoms with Crippen molar-refractivity contribution in [3.8, 4) is 5.75 Å². The van der Waals surface area contributed by atoms with Gasteiger partial charge in [0.2, 0.25) is 5.91 Å². The van der Waals surface area contributed by atoms with E-state index in [-0.39, 0.29) is 23.7 Å². The second-order valence-corrected chi connectivity index (χ2v) is 5.11. The summed E-state index contributed by atoms with van der Waals surface area (Å²) in [6.45, 7) is 1.97. The Morgan fingerprint density at radius 3 is 2.70 bits per heavy atom. The molecule has 4 N–H and O–H groups in total. The van der Waals surface area contributed by atoms with Crippen molar-refractivity contribution in [2.75, 3.05) is 6.61 Å². The van der Waals surface area contributed by atoms with Crippen molar-refractivity contribution in [3.05, 3.63) is 15.8 Å². The number of carbonyl (C=O) groups is 3. The number of primary amides is 1. The molecule has 0 unspecified atom stereocenters. The Labute approximate surface area is 119 Å². The summed E-state index contributed by atoms with van der Waals surface area (Å²) >= 11 is 1.16. The summed E-state index contributed by atoms with van der Waals surface area (Å²) in [5.74, 6) is -1.38. The predicted octanol–water partition coefficient (Wildman–Crippen LogP) is 1.36. The van der Waals surface area contributed by atoms with Gasteiger partial charge in [-0.05, 0) is 12.5 Å². The Kier molecular flexibility index (Phi) is 5.98. The summed E-state index contributed by atoms with van der Waals surface area (Å²) in [6, 6.07) is 0.742. The number of carboxylic acids is 1. The summed E-state index contributed by atoms with van der Waals surface area (Å²) in [5.41, 5.74) is 4.79. The minimum absolute atomic E-state index is 0.0261. The number of hydrogen-bond donors (Lipinski definition) is 3. The predicted molar refractivity (Wildman–Crippen MR) is 73.1 cm³/mol. The summed E-state index contributed by atoms with van der Waals surface area (Å²) in [4.78, 5) is 33.7. The minimum Gasteiger partial charge on any atom is -0.491 e. The first-order valence-corrected chi connectivity index (χ1v) is 6.83. The van der Waals surface area contributed by atoms with Crippen molar-refractivity contribution >= 4 is 29.2 Å². The van der Waals surface area contributed by atoms with Crippen LogP contribution < -0.4 is 15.8 Å². The van der Waals surface area contributed by atoms with Crippen LogP contribution in [0.25, 0.3) is 0 Å². The summed E-state index contributed by atoms with van der Waals surface area (Å²) in [6.07, 6.45) is 1.59. The number of rotatable bonds is 7. The van der Waals surface area contributed by atoms with Crippen LogP contribution in [0.5, 0.6) is 5.75 Å². The highest BCUT2D eigenvalue weighted by molar-refractivity contribution is 7.14. The number of aryl methyl sites for hydroxylation is 1. The highest BCUT2D eigenvalue weighted by Crippen LogP contribution is 2.30. The number of aromatic carboxylic acids is 1. The summed E-state index contributed by atoms with van der Waals surface area (Å²) in [5, 5.41) is 11.0. The zero-order valence-electron chi connectivity index (χ0n) is 11.0. The molecule has 0 saturated heterocycles. The molecule has 0 radical (unpaired) electrons. The van der Waals surface area contributed by atoms with E-state index in [4.69, 9.17) is 15.6 Å². The molecule has 1 rings (SSSR count). The zero-order chi connectivity index (χ0) is 15.1. The molecule has 0 spiro atoms. The van der Waals surface area contributed by atoms with Crippen LogP contribution in [0.3, 0.4) is 0 Å². The third-order valence-electron chi connectivity index (χ3n) is 2.29. The van der Waals surface area contributed by atoms with E-state index in [1.54, 1.807) is 6.07 Å². The van der Waals surface area contributed by atoms with Crippen LogP contribution in [-0.4, -0.2) is 29.6 Å². The number of thiophene rings is 1. The molecule has 1 aromatic heterocycles. The lowest BCUT2D eigenvalue weighted by Crippen LogP contribution is -2.35. The molecule has 3 amide bonds. The standard InChI is InChI=1S/C12H16N2O5S/c1-2-3-7-6-8(10(20-7)11(16)17)19-5-4-9(15)14-12(13)18/h6H,2-5H2,1H3,(H,16,17)(H3,13,14,15,18). The first kappa shape index (κ1) is 16.0. The van der Waals surface area contributed by atoms with Crippen LogP contribution in [0.1, 0.15) is 34.3 Å². The minimum atomic E-state index is -1.06. The maximum atomic E-state index is 11.2. The second kappa shape index (κ2) is 7.49. The Bertz CT molecular complexity index is 512. The Morgan fingerprint density at radius 2 is 2.15 bits per heavy atom. The smallest absolute Gasteiger partial charge is 0.349 e. The van der Waals surface area contributed by atoms with Gasteiger partial charge in [0, 0.05) is 4.88 Å². The molecule has 0 bridgehead atoms. The third kappa shape index (κ3) is 4.88. The van der Waals surface area contributed by atoms with Crippen molar-refractivity contribution in [1.82, 2.24) is 5.32 Å². The van der Waals surface area contributed by atoms with Gasteiger partial charge in [-0.25, -0.2) is 9.59 Å². The van der Waals surface area contributed by atoms with Crippen LogP contribution in [0.4, 0.5) is 4.79 Å². The third-order valence-corrected chi connectivity index (χ3v) is 3.45. The van der Waals surface area contributed by atoms with Gasteiger partial charge in [-0.2, -0.15) is 0 Å². The monoisotopic (exact) mass is 300 g/mol. The fraction of sp³-hybridized carbons (Fsp3) is 0.417. The Balaban J connectivity index is 2.60. The molecule has 8 heteroatoms. The Morgan fingerprint density at radius 1 is 1.45 bits per heavy atom. The molecule has 1 heterocycles. The van der Waals surface area contributed by atoms with Crippen LogP contribution in [0.2, 0.25) is 0 Å². The van der Waals surface area contributed by atoms with E-state index < -0.39 is 17.9 Å². The van der Waals surface area contributed by atoms with Gasteiger partial charge in [-0.1, -0.05) is 13.3 Å². The van der Waals surface area contributed by atoms with Gasteiger partial charge in [-0.15, -0.1) is 11.3 Å². The van der Waals surface area contributed by atoms with E-state index in [0.29, 0.717) is 0 Å². The topological polar surface area (TPSA) is 119 Å². The van der Waals surface area contributed by atoms with E-state index in [1.165, 1.54) is 0 Å². The van der Waals surface area contributed by atoms with Crippen LogP contribution in [-0.2, 0) is 11.2 Å². The molecule has 1 aromatic rings. The molecule has 0 aromatic carbocycles. The molecule has 0 saturated carbocycles. The lowest BCUT2D eigenvalue weighted by Gasteiger charge is -2.04. The molecular weight excluding hydrogens is 284 g/mol. The van der Waals surface area contributed by atoms with Gasteiger partial charge in [0.25, 0.3) is 0 Å². The lowest BCUT2D eigenvalue weighted by atomic mass is 10.3. The molecule has 20 heavy (non-hydrogen) atoms. The number of amides is 3. The SMILES string of the molecule is CCCc1cc(OCCC(=O)NC(N)=O)c(C(=O)O)s1. The molecule has 0 aliphatic heterocycles. The molecule has 0 atom stereocenters. The number of carbonyl (C=O) groups excluding carboxylic acids is 2. The largest absolute Gasteiger partial charge is 0.491 e. The van der Waals surface area contributed by atoms with Crippen molar-refractivity contribution in [1.29, 1.82) is 0 Å². The first-order chi connectivity index (χ1) is 9.43. The number of ether oxygens (including phenoxy) is 1. The van der Waals surface area contributed by atoms with Crippen molar-refractivity contribution in [2.45, 2.75) is 26.2 Å². The maximum Gasteiger partial charge on any atom is 0.349 e. The van der Waals surface area contributed by atoms with E-state index in [9.17, 15) is 14.4 Å². The number of nitrogens with two attached hydrogens (primary N) is 1. The number of carboxylic acid groups (broad SMARTS) is 1. The molecule has 7 nitrogen and oxygen atoms in total. The van der Waals surface area contributed by atoms with Crippen molar-refractivity contribution in [3.63, 3.8) is 0 Å². The normalized spacial score (nSPS) is 10.1. The highest BCUT2D eigenvalue weighted by atomic mass is 32.1. The maximum absolute atomic E-state index is 11.2. The van der Waals surface area contributed by atoms with Gasteiger partial charge in [0.15, 0.2) is 4.88 Å². The zero-order valence-corrected chi connectivity index (χ0v) is 11.8. The van der Waals surface area contributed by atoms with Crippen LogP contribution >= 0.6 is 11.3 Å². The average Bonchev–Trinajstić information content (AvgIpc) is 2.72. The molecule has 0 fully saturated rings. The quantitative estimate of drug-likeness (QED) is 0.702. The van der Waals surface area contributed by atoms with Gasteiger partial charge in [0.1, 0.15) is 5.75 Å². The lowest BCUT2D eigenvalue weighted by molar-refractivity contribution is -0.120. The number of hydrogen-bond acceptors (Lipinski definition) is 5. The fourth-order valence-electron chi connectivity index (χ4n) is 1.50. The number of imide groups is 1. The van der Waals surface area contributed by atoms with E-state index >= 15 is 0 Å². The number of urea groups is 1. The van der Waals surface area contributed by atoms with Crippen molar-refractivity contribution in [2.24, 2.45) is 5.73 Å². The molecule has 110 valence electrons. The molecule has 0 aliphatic rings. The van der Waals surface area contributed by atoms with E-state index in [2.05, 4.69) is 0 Å². The summed E-state index contributed by atoms with van der Waals surface area (Å²) in [7, 11) is 0.